The molecule has 12 heteroatoms. The minimum absolute atomic E-state index is 0.0251. The standard InChI is InChI=1S/C19H22BrN7O3S/c20-16-12-25-19(26-13-4-6-15(7-5-13)31(21,29)30)27-18(16)24-10-2-9-23-17(28)11-14-3-1-8-22-14/h1,3-8,12,22H,2,9-11H2,(H,23,28)(H2,21,29,30)(H2,24,25,26,27). The highest BCUT2D eigenvalue weighted by atomic mass is 79.9. The van der Waals surface area contributed by atoms with E-state index in [0.29, 0.717) is 47.9 Å². The van der Waals surface area contributed by atoms with Crippen LogP contribution in [0.5, 0.6) is 0 Å². The maximum atomic E-state index is 11.9. The molecule has 164 valence electrons. The summed E-state index contributed by atoms with van der Waals surface area (Å²) in [6.07, 6.45) is 4.43. The van der Waals surface area contributed by atoms with Gasteiger partial charge in [-0.05, 0) is 58.7 Å². The van der Waals surface area contributed by atoms with Gasteiger partial charge in [0, 0.05) is 36.9 Å². The number of carbonyl (C=O) groups excluding carboxylic acids is 1. The number of rotatable bonds is 10. The molecule has 0 saturated heterocycles. The van der Waals surface area contributed by atoms with Crippen LogP contribution in [0.3, 0.4) is 0 Å². The third-order valence-electron chi connectivity index (χ3n) is 4.16. The molecule has 10 nitrogen and oxygen atoms in total. The zero-order valence-corrected chi connectivity index (χ0v) is 18.8. The van der Waals surface area contributed by atoms with Gasteiger partial charge in [0.25, 0.3) is 0 Å². The first-order chi connectivity index (χ1) is 14.8. The van der Waals surface area contributed by atoms with Crippen LogP contribution in [-0.2, 0) is 21.2 Å². The van der Waals surface area contributed by atoms with Crippen LogP contribution in [0.1, 0.15) is 12.1 Å². The number of primary sulfonamides is 1. The van der Waals surface area contributed by atoms with E-state index in [1.165, 1.54) is 12.1 Å². The van der Waals surface area contributed by atoms with Crippen molar-refractivity contribution in [1.82, 2.24) is 20.3 Å². The summed E-state index contributed by atoms with van der Waals surface area (Å²) in [5.74, 6) is 0.898. The van der Waals surface area contributed by atoms with E-state index in [1.807, 2.05) is 12.1 Å². The smallest absolute Gasteiger partial charge is 0.238 e. The molecule has 2 aromatic heterocycles. The van der Waals surface area contributed by atoms with Crippen LogP contribution in [0.15, 0.2) is 58.2 Å². The number of aromatic amines is 1. The third-order valence-corrected chi connectivity index (χ3v) is 5.67. The average Bonchev–Trinajstić information content (AvgIpc) is 3.22. The fourth-order valence-electron chi connectivity index (χ4n) is 2.64. The Morgan fingerprint density at radius 1 is 1.16 bits per heavy atom. The van der Waals surface area contributed by atoms with Crippen LogP contribution in [0.2, 0.25) is 0 Å². The van der Waals surface area contributed by atoms with E-state index in [2.05, 4.69) is 46.8 Å². The largest absolute Gasteiger partial charge is 0.369 e. The Kier molecular flexibility index (Phi) is 7.60. The lowest BCUT2D eigenvalue weighted by Gasteiger charge is -2.11. The maximum absolute atomic E-state index is 11.9. The number of amides is 1. The van der Waals surface area contributed by atoms with Crippen molar-refractivity contribution >= 4 is 49.3 Å². The Morgan fingerprint density at radius 2 is 1.94 bits per heavy atom. The lowest BCUT2D eigenvalue weighted by atomic mass is 10.3. The summed E-state index contributed by atoms with van der Waals surface area (Å²) in [6, 6.07) is 9.69. The van der Waals surface area contributed by atoms with Crippen LogP contribution in [-0.4, -0.2) is 42.4 Å². The first-order valence-corrected chi connectivity index (χ1v) is 11.7. The van der Waals surface area contributed by atoms with Crippen molar-refractivity contribution < 1.29 is 13.2 Å². The zero-order chi connectivity index (χ0) is 22.3. The van der Waals surface area contributed by atoms with Crippen molar-refractivity contribution in [2.45, 2.75) is 17.7 Å². The van der Waals surface area contributed by atoms with E-state index < -0.39 is 10.0 Å². The second-order valence-electron chi connectivity index (χ2n) is 6.59. The van der Waals surface area contributed by atoms with Crippen LogP contribution >= 0.6 is 15.9 Å². The van der Waals surface area contributed by atoms with Gasteiger partial charge in [-0.15, -0.1) is 0 Å². The molecular formula is C19H22BrN7O3S. The highest BCUT2D eigenvalue weighted by molar-refractivity contribution is 9.10. The van der Waals surface area contributed by atoms with Crippen LogP contribution in [0, 0.1) is 0 Å². The Hall–Kier alpha value is -2.96. The normalized spacial score (nSPS) is 11.2. The first kappa shape index (κ1) is 22.7. The number of aromatic nitrogens is 3. The zero-order valence-electron chi connectivity index (χ0n) is 16.4. The van der Waals surface area contributed by atoms with Crippen LogP contribution in [0.25, 0.3) is 0 Å². The summed E-state index contributed by atoms with van der Waals surface area (Å²) in [7, 11) is -3.74. The van der Waals surface area contributed by atoms with Crippen molar-refractivity contribution in [3.63, 3.8) is 0 Å². The summed E-state index contributed by atoms with van der Waals surface area (Å²) in [5.41, 5.74) is 1.49. The quantitative estimate of drug-likeness (QED) is 0.263. The summed E-state index contributed by atoms with van der Waals surface area (Å²) in [4.78, 5) is 23.5. The van der Waals surface area contributed by atoms with E-state index in [9.17, 15) is 13.2 Å². The molecule has 0 aliphatic heterocycles. The van der Waals surface area contributed by atoms with E-state index in [4.69, 9.17) is 5.14 Å². The number of sulfonamides is 1. The molecule has 0 aliphatic rings. The van der Waals surface area contributed by atoms with Crippen molar-refractivity contribution in [3.8, 4) is 0 Å². The number of hydrogen-bond acceptors (Lipinski definition) is 7. The molecule has 0 saturated carbocycles. The van der Waals surface area contributed by atoms with Gasteiger partial charge >= 0.3 is 0 Å². The molecule has 3 rings (SSSR count). The summed E-state index contributed by atoms with van der Waals surface area (Å²) in [6.45, 7) is 1.14. The van der Waals surface area contributed by atoms with Crippen molar-refractivity contribution in [1.29, 1.82) is 0 Å². The average molecular weight is 508 g/mol. The molecule has 0 atom stereocenters. The molecule has 0 spiro atoms. The van der Waals surface area contributed by atoms with Crippen molar-refractivity contribution in [3.05, 3.63) is 59.0 Å². The van der Waals surface area contributed by atoms with E-state index in [-0.39, 0.29) is 10.8 Å². The van der Waals surface area contributed by atoms with Gasteiger partial charge in [0.15, 0.2) is 0 Å². The van der Waals surface area contributed by atoms with Gasteiger partial charge in [0.1, 0.15) is 5.82 Å². The fourth-order valence-corrected chi connectivity index (χ4v) is 3.49. The molecule has 0 fully saturated rings. The van der Waals surface area contributed by atoms with E-state index in [0.717, 1.165) is 5.69 Å². The van der Waals surface area contributed by atoms with Crippen molar-refractivity contribution in [2.24, 2.45) is 5.14 Å². The Balaban J connectivity index is 1.47. The number of halogens is 1. The van der Waals surface area contributed by atoms with E-state index >= 15 is 0 Å². The number of hydrogen-bond donors (Lipinski definition) is 5. The molecule has 0 bridgehead atoms. The van der Waals surface area contributed by atoms with Gasteiger partial charge in [0.05, 0.1) is 15.8 Å². The second-order valence-corrected chi connectivity index (χ2v) is 9.00. The summed E-state index contributed by atoms with van der Waals surface area (Å²) < 4.78 is 23.4. The predicted octanol–water partition coefficient (Wildman–Crippen LogP) is 2.12. The minimum atomic E-state index is -3.74. The van der Waals surface area contributed by atoms with Crippen molar-refractivity contribution in [2.75, 3.05) is 23.7 Å². The Bertz CT molecular complexity index is 1120. The van der Waals surface area contributed by atoms with Gasteiger partial charge in [-0.3, -0.25) is 4.79 Å². The van der Waals surface area contributed by atoms with Crippen LogP contribution < -0.4 is 21.1 Å². The number of anilines is 3. The monoisotopic (exact) mass is 507 g/mol. The minimum Gasteiger partial charge on any atom is -0.369 e. The second kappa shape index (κ2) is 10.4. The predicted molar refractivity (Wildman–Crippen MR) is 121 cm³/mol. The number of H-pyrrole nitrogens is 1. The van der Waals surface area contributed by atoms with Gasteiger partial charge < -0.3 is 20.9 Å². The Morgan fingerprint density at radius 3 is 2.61 bits per heavy atom. The molecule has 1 amide bonds. The molecular weight excluding hydrogens is 486 g/mol. The molecule has 3 aromatic rings. The van der Waals surface area contributed by atoms with Gasteiger partial charge in [-0.1, -0.05) is 0 Å². The SMILES string of the molecule is NS(=O)(=O)c1ccc(Nc2ncc(Br)c(NCCCNC(=O)Cc3ccc[nH]3)n2)cc1. The lowest BCUT2D eigenvalue weighted by molar-refractivity contribution is -0.120. The summed E-state index contributed by atoms with van der Waals surface area (Å²) >= 11 is 3.40. The number of nitrogens with one attached hydrogen (secondary N) is 4. The highest BCUT2D eigenvalue weighted by Crippen LogP contribution is 2.22. The highest BCUT2D eigenvalue weighted by Gasteiger charge is 2.09. The van der Waals surface area contributed by atoms with Gasteiger partial charge in [-0.2, -0.15) is 4.98 Å². The van der Waals surface area contributed by atoms with E-state index in [1.54, 1.807) is 24.5 Å². The van der Waals surface area contributed by atoms with Gasteiger partial charge in [0.2, 0.25) is 21.9 Å². The third kappa shape index (κ3) is 7.05. The number of carbonyl (C=O) groups is 1. The number of nitrogens with zero attached hydrogens (tertiary/aromatic N) is 2. The molecule has 6 N–H and O–H groups in total. The topological polar surface area (TPSA) is 155 Å². The lowest BCUT2D eigenvalue weighted by Crippen LogP contribution is -2.27. The number of benzene rings is 1. The maximum Gasteiger partial charge on any atom is 0.238 e. The Labute approximate surface area is 188 Å². The number of nitrogens with two attached hydrogens (primary N) is 1. The first-order valence-electron chi connectivity index (χ1n) is 9.36. The molecule has 0 radical (unpaired) electrons. The molecule has 2 heterocycles. The fraction of sp³-hybridized carbons (Fsp3) is 0.211. The summed E-state index contributed by atoms with van der Waals surface area (Å²) in [5, 5.41) is 14.2. The molecule has 0 aliphatic carbocycles. The molecule has 31 heavy (non-hydrogen) atoms. The molecule has 1 aromatic carbocycles. The molecule has 0 unspecified atom stereocenters. The van der Waals surface area contributed by atoms with Crippen LogP contribution in [0.4, 0.5) is 17.5 Å². The van der Waals surface area contributed by atoms with Gasteiger partial charge in [-0.25, -0.2) is 18.5 Å².